The van der Waals surface area contributed by atoms with E-state index in [1.54, 1.807) is 0 Å². The minimum Gasteiger partial charge on any atom is -0.340 e. The third-order valence-electron chi connectivity index (χ3n) is 4.59. The molecule has 1 heterocycles. The van der Waals surface area contributed by atoms with E-state index in [9.17, 15) is 4.79 Å². The molecular weight excluding hydrogens is 224 g/mol. The van der Waals surface area contributed by atoms with Gasteiger partial charge in [-0.2, -0.15) is 0 Å². The van der Waals surface area contributed by atoms with Gasteiger partial charge in [-0.25, -0.2) is 0 Å². The lowest BCUT2D eigenvalue weighted by Gasteiger charge is -2.29. The van der Waals surface area contributed by atoms with Gasteiger partial charge in [0.05, 0.1) is 0 Å². The van der Waals surface area contributed by atoms with Crippen molar-refractivity contribution in [2.45, 2.75) is 64.3 Å². The van der Waals surface area contributed by atoms with E-state index < -0.39 is 0 Å². The van der Waals surface area contributed by atoms with Crippen molar-refractivity contribution in [2.24, 2.45) is 5.92 Å². The van der Waals surface area contributed by atoms with Gasteiger partial charge in [-0.15, -0.1) is 0 Å². The van der Waals surface area contributed by atoms with Gasteiger partial charge in [0, 0.05) is 19.0 Å². The van der Waals surface area contributed by atoms with Crippen molar-refractivity contribution in [3.05, 3.63) is 0 Å². The number of carbonyl (C=O) groups is 1. The van der Waals surface area contributed by atoms with Crippen molar-refractivity contribution in [3.8, 4) is 0 Å². The molecule has 104 valence electrons. The van der Waals surface area contributed by atoms with E-state index in [2.05, 4.69) is 17.1 Å². The summed E-state index contributed by atoms with van der Waals surface area (Å²) in [7, 11) is 0. The van der Waals surface area contributed by atoms with Crippen LogP contribution in [0.1, 0.15) is 58.3 Å². The van der Waals surface area contributed by atoms with Crippen LogP contribution in [-0.4, -0.2) is 36.5 Å². The number of rotatable bonds is 5. The Bertz CT molecular complexity index is 255. The third-order valence-corrected chi connectivity index (χ3v) is 4.59. The molecule has 18 heavy (non-hydrogen) atoms. The van der Waals surface area contributed by atoms with Crippen LogP contribution < -0.4 is 5.32 Å². The molecule has 1 aliphatic carbocycles. The van der Waals surface area contributed by atoms with Crippen LogP contribution in [0.25, 0.3) is 0 Å². The van der Waals surface area contributed by atoms with Gasteiger partial charge in [0.2, 0.25) is 5.91 Å². The molecule has 2 fully saturated rings. The molecule has 0 aromatic heterocycles. The number of nitrogens with zero attached hydrogens (tertiary/aromatic N) is 1. The first-order valence-corrected chi connectivity index (χ1v) is 7.81. The first-order chi connectivity index (χ1) is 8.81. The van der Waals surface area contributed by atoms with Crippen molar-refractivity contribution < 1.29 is 4.79 Å². The summed E-state index contributed by atoms with van der Waals surface area (Å²) in [5.74, 6) is 1.12. The minimum absolute atomic E-state index is 0.398. The molecule has 0 aromatic rings. The minimum atomic E-state index is 0.398. The summed E-state index contributed by atoms with van der Waals surface area (Å²) < 4.78 is 0. The van der Waals surface area contributed by atoms with Crippen LogP contribution in [0.4, 0.5) is 0 Å². The standard InChI is InChI=1S/C15H28N2O/c1-2-17(14-7-3-4-8-14)15(18)10-9-13-6-5-11-16-12-13/h13-14,16H,2-12H2,1H3. The van der Waals surface area contributed by atoms with E-state index >= 15 is 0 Å². The Morgan fingerprint density at radius 3 is 2.61 bits per heavy atom. The SMILES string of the molecule is CCN(C(=O)CCC1CCCNC1)C1CCCC1. The fourth-order valence-corrected chi connectivity index (χ4v) is 3.50. The lowest BCUT2D eigenvalue weighted by Crippen LogP contribution is -2.39. The largest absolute Gasteiger partial charge is 0.340 e. The molecular formula is C15H28N2O. The number of amides is 1. The quantitative estimate of drug-likeness (QED) is 0.815. The summed E-state index contributed by atoms with van der Waals surface area (Å²) in [4.78, 5) is 14.5. The number of carbonyl (C=O) groups excluding carboxylic acids is 1. The molecule has 1 amide bonds. The predicted molar refractivity (Wildman–Crippen MR) is 74.5 cm³/mol. The Balaban J connectivity index is 1.74. The van der Waals surface area contributed by atoms with Crippen molar-refractivity contribution >= 4 is 5.91 Å². The van der Waals surface area contributed by atoms with Gasteiger partial charge in [0.1, 0.15) is 0 Å². The molecule has 0 aromatic carbocycles. The predicted octanol–water partition coefficient (Wildman–Crippen LogP) is 2.56. The maximum atomic E-state index is 12.3. The van der Waals surface area contributed by atoms with Gasteiger partial charge in [-0.1, -0.05) is 12.8 Å². The summed E-state index contributed by atoms with van der Waals surface area (Å²) in [6.45, 7) is 5.29. The highest BCUT2D eigenvalue weighted by atomic mass is 16.2. The van der Waals surface area contributed by atoms with E-state index in [4.69, 9.17) is 0 Å². The van der Waals surface area contributed by atoms with Crippen molar-refractivity contribution in [1.82, 2.24) is 10.2 Å². The Kier molecular flexibility index (Phi) is 5.48. The molecule has 0 spiro atoms. The van der Waals surface area contributed by atoms with Crippen LogP contribution >= 0.6 is 0 Å². The van der Waals surface area contributed by atoms with Gasteiger partial charge < -0.3 is 10.2 Å². The Morgan fingerprint density at radius 2 is 2.00 bits per heavy atom. The van der Waals surface area contributed by atoms with Crippen molar-refractivity contribution in [2.75, 3.05) is 19.6 Å². The average Bonchev–Trinajstić information content (AvgIpc) is 2.92. The molecule has 0 bridgehead atoms. The normalized spacial score (nSPS) is 25.3. The first-order valence-electron chi connectivity index (χ1n) is 7.81. The summed E-state index contributed by atoms with van der Waals surface area (Å²) in [6, 6.07) is 0.548. The number of hydrogen-bond acceptors (Lipinski definition) is 2. The molecule has 1 N–H and O–H groups in total. The second kappa shape index (κ2) is 7.13. The van der Waals surface area contributed by atoms with Crippen LogP contribution in [0.2, 0.25) is 0 Å². The topological polar surface area (TPSA) is 32.3 Å². The fraction of sp³-hybridized carbons (Fsp3) is 0.933. The van der Waals surface area contributed by atoms with Crippen LogP contribution in [0.5, 0.6) is 0 Å². The van der Waals surface area contributed by atoms with E-state index in [0.717, 1.165) is 38.4 Å². The summed E-state index contributed by atoms with van der Waals surface area (Å²) in [5.41, 5.74) is 0. The van der Waals surface area contributed by atoms with Gasteiger partial charge in [0.15, 0.2) is 0 Å². The summed E-state index contributed by atoms with van der Waals surface area (Å²) in [5, 5.41) is 3.43. The molecule has 0 radical (unpaired) electrons. The number of piperidine rings is 1. The van der Waals surface area contributed by atoms with Crippen LogP contribution in [0.15, 0.2) is 0 Å². The Morgan fingerprint density at radius 1 is 1.22 bits per heavy atom. The van der Waals surface area contributed by atoms with Gasteiger partial charge >= 0.3 is 0 Å². The maximum absolute atomic E-state index is 12.3. The Labute approximate surface area is 111 Å². The summed E-state index contributed by atoms with van der Waals surface area (Å²) >= 11 is 0. The fourth-order valence-electron chi connectivity index (χ4n) is 3.50. The third kappa shape index (κ3) is 3.71. The first kappa shape index (κ1) is 13.9. The monoisotopic (exact) mass is 252 g/mol. The zero-order valence-electron chi connectivity index (χ0n) is 11.8. The molecule has 1 saturated heterocycles. The smallest absolute Gasteiger partial charge is 0.222 e. The lowest BCUT2D eigenvalue weighted by molar-refractivity contribution is -0.133. The molecule has 1 aliphatic heterocycles. The highest BCUT2D eigenvalue weighted by molar-refractivity contribution is 5.76. The lowest BCUT2D eigenvalue weighted by atomic mass is 9.94. The van der Waals surface area contributed by atoms with Crippen molar-refractivity contribution in [1.29, 1.82) is 0 Å². The van der Waals surface area contributed by atoms with Gasteiger partial charge in [-0.05, 0) is 58.0 Å². The second-order valence-electron chi connectivity index (χ2n) is 5.87. The Hall–Kier alpha value is -0.570. The zero-order chi connectivity index (χ0) is 12.8. The number of hydrogen-bond donors (Lipinski definition) is 1. The average molecular weight is 252 g/mol. The second-order valence-corrected chi connectivity index (χ2v) is 5.87. The molecule has 2 aliphatic rings. The maximum Gasteiger partial charge on any atom is 0.222 e. The molecule has 1 saturated carbocycles. The molecule has 3 nitrogen and oxygen atoms in total. The highest BCUT2D eigenvalue weighted by Crippen LogP contribution is 2.25. The van der Waals surface area contributed by atoms with Crippen LogP contribution in [0, 0.1) is 5.92 Å². The highest BCUT2D eigenvalue weighted by Gasteiger charge is 2.25. The van der Waals surface area contributed by atoms with Gasteiger partial charge in [-0.3, -0.25) is 4.79 Å². The van der Waals surface area contributed by atoms with Crippen LogP contribution in [-0.2, 0) is 4.79 Å². The van der Waals surface area contributed by atoms with E-state index in [0.29, 0.717) is 11.9 Å². The molecule has 1 atom stereocenters. The van der Waals surface area contributed by atoms with E-state index in [1.165, 1.54) is 38.5 Å². The summed E-state index contributed by atoms with van der Waals surface area (Å²) in [6.07, 6.45) is 9.48. The van der Waals surface area contributed by atoms with Crippen LogP contribution in [0.3, 0.4) is 0 Å². The van der Waals surface area contributed by atoms with Crippen molar-refractivity contribution in [3.63, 3.8) is 0 Å². The molecule has 1 unspecified atom stereocenters. The zero-order valence-corrected chi connectivity index (χ0v) is 11.8. The molecule has 3 heteroatoms. The van der Waals surface area contributed by atoms with E-state index in [1.807, 2.05) is 0 Å². The van der Waals surface area contributed by atoms with Gasteiger partial charge in [0.25, 0.3) is 0 Å². The number of nitrogens with one attached hydrogen (secondary N) is 1. The van der Waals surface area contributed by atoms with E-state index in [-0.39, 0.29) is 0 Å². The molecule has 2 rings (SSSR count).